The monoisotopic (exact) mass is 320 g/mol. The minimum Gasteiger partial charge on any atom is -0.378 e. The van der Waals surface area contributed by atoms with E-state index in [1.807, 2.05) is 20.8 Å². The molecular weight excluding hydrogens is 292 g/mol. The lowest BCUT2D eigenvalue weighted by molar-refractivity contribution is -0.171. The zero-order chi connectivity index (χ0) is 14.8. The van der Waals surface area contributed by atoms with Crippen LogP contribution in [0.3, 0.4) is 0 Å². The van der Waals surface area contributed by atoms with Crippen molar-refractivity contribution in [3.63, 3.8) is 0 Å². The molecular formula is C15H29ClN2O3. The quantitative estimate of drug-likeness (QED) is 0.807. The number of nitrogens with one attached hydrogen (secondary N) is 1. The highest BCUT2D eigenvalue weighted by molar-refractivity contribution is 5.88. The van der Waals surface area contributed by atoms with Crippen LogP contribution in [-0.2, 0) is 14.3 Å². The summed E-state index contributed by atoms with van der Waals surface area (Å²) in [5.74, 6) is -0.0763. The predicted octanol–water partition coefficient (Wildman–Crippen LogP) is 1.63. The summed E-state index contributed by atoms with van der Waals surface area (Å²) in [7, 11) is 0. The van der Waals surface area contributed by atoms with E-state index in [0.29, 0.717) is 19.6 Å². The highest BCUT2D eigenvalue weighted by atomic mass is 35.5. The van der Waals surface area contributed by atoms with Crippen LogP contribution in [0.5, 0.6) is 0 Å². The van der Waals surface area contributed by atoms with Crippen molar-refractivity contribution in [3.8, 4) is 0 Å². The molecule has 2 aliphatic rings. The zero-order valence-electron chi connectivity index (χ0n) is 13.3. The van der Waals surface area contributed by atoms with E-state index in [4.69, 9.17) is 15.2 Å². The van der Waals surface area contributed by atoms with Gasteiger partial charge in [-0.15, -0.1) is 12.4 Å². The van der Waals surface area contributed by atoms with Crippen LogP contribution in [0.25, 0.3) is 0 Å². The molecule has 1 saturated heterocycles. The van der Waals surface area contributed by atoms with Gasteiger partial charge in [0.1, 0.15) is 5.54 Å². The number of ether oxygens (including phenoxy) is 2. The summed E-state index contributed by atoms with van der Waals surface area (Å²) in [6.07, 6.45) is 4.10. The Kier molecular flexibility index (Phi) is 6.47. The summed E-state index contributed by atoms with van der Waals surface area (Å²) in [4.78, 5) is 12.4. The van der Waals surface area contributed by atoms with Crippen LogP contribution in [0.2, 0.25) is 0 Å². The van der Waals surface area contributed by atoms with E-state index in [-0.39, 0.29) is 35.9 Å². The normalized spacial score (nSPS) is 34.5. The van der Waals surface area contributed by atoms with Crippen LogP contribution in [0.4, 0.5) is 0 Å². The molecule has 1 aliphatic heterocycles. The first-order valence-corrected chi connectivity index (χ1v) is 7.72. The summed E-state index contributed by atoms with van der Waals surface area (Å²) in [6, 6.07) is 0. The molecule has 2 fully saturated rings. The second-order valence-corrected chi connectivity index (χ2v) is 6.54. The molecule has 1 heterocycles. The van der Waals surface area contributed by atoms with Gasteiger partial charge in [-0.1, -0.05) is 13.8 Å². The molecule has 0 aromatic carbocycles. The SMILES string of the molecule is CCOC1CC(N)(C(=O)NCC2CCCCO2)C1(C)C.Cl. The van der Waals surface area contributed by atoms with Crippen LogP contribution >= 0.6 is 12.4 Å². The van der Waals surface area contributed by atoms with Gasteiger partial charge in [0.15, 0.2) is 0 Å². The van der Waals surface area contributed by atoms with E-state index in [1.165, 1.54) is 6.42 Å². The van der Waals surface area contributed by atoms with Gasteiger partial charge in [-0.3, -0.25) is 4.79 Å². The molecule has 124 valence electrons. The first-order valence-electron chi connectivity index (χ1n) is 7.72. The smallest absolute Gasteiger partial charge is 0.240 e. The lowest BCUT2D eigenvalue weighted by Crippen LogP contribution is -2.76. The number of amides is 1. The van der Waals surface area contributed by atoms with Crippen LogP contribution in [-0.4, -0.2) is 43.4 Å². The topological polar surface area (TPSA) is 73.6 Å². The third kappa shape index (κ3) is 3.52. The minimum absolute atomic E-state index is 0. The summed E-state index contributed by atoms with van der Waals surface area (Å²) in [5, 5.41) is 2.97. The van der Waals surface area contributed by atoms with Gasteiger partial charge in [0.2, 0.25) is 5.91 Å². The Balaban J connectivity index is 0.00000220. The van der Waals surface area contributed by atoms with E-state index in [2.05, 4.69) is 5.32 Å². The van der Waals surface area contributed by atoms with Gasteiger partial charge in [0.25, 0.3) is 0 Å². The molecule has 1 aliphatic carbocycles. The van der Waals surface area contributed by atoms with E-state index in [9.17, 15) is 4.79 Å². The van der Waals surface area contributed by atoms with Crippen LogP contribution < -0.4 is 11.1 Å². The van der Waals surface area contributed by atoms with Crippen molar-refractivity contribution in [2.75, 3.05) is 19.8 Å². The largest absolute Gasteiger partial charge is 0.378 e. The molecule has 1 amide bonds. The molecule has 6 heteroatoms. The molecule has 0 aromatic heterocycles. The Bertz CT molecular complexity index is 359. The van der Waals surface area contributed by atoms with Crippen molar-refractivity contribution < 1.29 is 14.3 Å². The fourth-order valence-corrected chi connectivity index (χ4v) is 3.15. The average Bonchev–Trinajstić information content (AvgIpc) is 2.45. The van der Waals surface area contributed by atoms with Gasteiger partial charge in [-0.05, 0) is 26.2 Å². The third-order valence-electron chi connectivity index (χ3n) is 5.00. The molecule has 5 nitrogen and oxygen atoms in total. The molecule has 0 radical (unpaired) electrons. The predicted molar refractivity (Wildman–Crippen MR) is 84.6 cm³/mol. The fraction of sp³-hybridized carbons (Fsp3) is 0.933. The van der Waals surface area contributed by atoms with Crippen molar-refractivity contribution in [3.05, 3.63) is 0 Å². The van der Waals surface area contributed by atoms with Crippen molar-refractivity contribution >= 4 is 18.3 Å². The van der Waals surface area contributed by atoms with Gasteiger partial charge in [0, 0.05) is 31.6 Å². The third-order valence-corrected chi connectivity index (χ3v) is 5.00. The summed E-state index contributed by atoms with van der Waals surface area (Å²) >= 11 is 0. The van der Waals surface area contributed by atoms with Crippen molar-refractivity contribution in [2.24, 2.45) is 11.1 Å². The van der Waals surface area contributed by atoms with Crippen LogP contribution in [0, 0.1) is 5.41 Å². The average molecular weight is 321 g/mol. The maximum atomic E-state index is 12.4. The number of nitrogens with two attached hydrogens (primary N) is 1. The number of hydrogen-bond donors (Lipinski definition) is 2. The lowest BCUT2D eigenvalue weighted by atomic mass is 9.54. The van der Waals surface area contributed by atoms with Crippen LogP contribution in [0.15, 0.2) is 0 Å². The molecule has 3 N–H and O–H groups in total. The van der Waals surface area contributed by atoms with Gasteiger partial charge < -0.3 is 20.5 Å². The molecule has 0 bridgehead atoms. The number of hydrogen-bond acceptors (Lipinski definition) is 4. The fourth-order valence-electron chi connectivity index (χ4n) is 3.15. The van der Waals surface area contributed by atoms with E-state index >= 15 is 0 Å². The summed E-state index contributed by atoms with van der Waals surface area (Å²) < 4.78 is 11.3. The maximum absolute atomic E-state index is 12.4. The molecule has 3 atom stereocenters. The Labute approximate surface area is 133 Å². The second-order valence-electron chi connectivity index (χ2n) is 6.54. The Morgan fingerprint density at radius 3 is 2.67 bits per heavy atom. The van der Waals surface area contributed by atoms with E-state index in [1.54, 1.807) is 0 Å². The maximum Gasteiger partial charge on any atom is 0.240 e. The molecule has 2 rings (SSSR count). The minimum atomic E-state index is -0.832. The van der Waals surface area contributed by atoms with Crippen LogP contribution in [0.1, 0.15) is 46.5 Å². The van der Waals surface area contributed by atoms with E-state index in [0.717, 1.165) is 19.4 Å². The number of carbonyl (C=O) groups is 1. The molecule has 3 unspecified atom stereocenters. The van der Waals surface area contributed by atoms with Gasteiger partial charge >= 0.3 is 0 Å². The van der Waals surface area contributed by atoms with E-state index < -0.39 is 5.54 Å². The zero-order valence-corrected chi connectivity index (χ0v) is 14.1. The van der Waals surface area contributed by atoms with Gasteiger partial charge in [0.05, 0.1) is 12.2 Å². The number of carbonyl (C=O) groups excluding carboxylic acids is 1. The molecule has 0 spiro atoms. The van der Waals surface area contributed by atoms with Crippen molar-refractivity contribution in [1.82, 2.24) is 5.32 Å². The Hall–Kier alpha value is -0.360. The van der Waals surface area contributed by atoms with Crippen molar-refractivity contribution in [2.45, 2.75) is 64.2 Å². The highest BCUT2D eigenvalue weighted by Gasteiger charge is 2.62. The first-order chi connectivity index (χ1) is 9.41. The summed E-state index contributed by atoms with van der Waals surface area (Å²) in [5.41, 5.74) is 5.16. The van der Waals surface area contributed by atoms with Gasteiger partial charge in [-0.25, -0.2) is 0 Å². The highest BCUT2D eigenvalue weighted by Crippen LogP contribution is 2.49. The molecule has 0 aromatic rings. The number of halogens is 1. The Morgan fingerprint density at radius 1 is 1.43 bits per heavy atom. The summed E-state index contributed by atoms with van der Waals surface area (Å²) in [6.45, 7) is 8.00. The standard InChI is InChI=1S/C15H28N2O3.ClH/c1-4-19-12-9-15(16,14(12,2)3)13(18)17-10-11-7-5-6-8-20-11;/h11-12H,4-10,16H2,1-3H3,(H,17,18);1H. The molecule has 21 heavy (non-hydrogen) atoms. The lowest BCUT2D eigenvalue weighted by Gasteiger charge is -2.57. The second kappa shape index (κ2) is 7.27. The van der Waals surface area contributed by atoms with Gasteiger partial charge in [-0.2, -0.15) is 0 Å². The molecule has 1 saturated carbocycles. The Morgan fingerprint density at radius 2 is 2.14 bits per heavy atom. The van der Waals surface area contributed by atoms with Crippen molar-refractivity contribution in [1.29, 1.82) is 0 Å². The first kappa shape index (κ1) is 18.7. The number of rotatable bonds is 5.